The van der Waals surface area contributed by atoms with E-state index in [1.807, 2.05) is 35.7 Å². The fraction of sp³-hybridized carbons (Fsp3) is 0.261. The summed E-state index contributed by atoms with van der Waals surface area (Å²) < 4.78 is 16.0. The fourth-order valence-electron chi connectivity index (χ4n) is 3.12. The second kappa shape index (κ2) is 10.5. The molecule has 1 heterocycles. The normalized spacial score (nSPS) is 11.3. The van der Waals surface area contributed by atoms with Crippen molar-refractivity contribution in [2.75, 3.05) is 21.3 Å². The third-order valence-corrected chi connectivity index (χ3v) is 5.49. The molecule has 2 aromatic carbocycles. The Kier molecular flexibility index (Phi) is 7.46. The first-order chi connectivity index (χ1) is 15.1. The predicted molar refractivity (Wildman–Crippen MR) is 118 cm³/mol. The number of methoxy groups -OCH3 is 3. The van der Waals surface area contributed by atoms with Crippen molar-refractivity contribution in [1.82, 2.24) is 10.3 Å². The van der Waals surface area contributed by atoms with Gasteiger partial charge in [-0.3, -0.25) is 4.79 Å². The van der Waals surface area contributed by atoms with Crippen LogP contribution in [0, 0.1) is 11.3 Å². The summed E-state index contributed by atoms with van der Waals surface area (Å²) in [4.78, 5) is 17.1. The van der Waals surface area contributed by atoms with Gasteiger partial charge in [-0.1, -0.05) is 30.3 Å². The van der Waals surface area contributed by atoms with Crippen molar-refractivity contribution in [2.45, 2.75) is 18.9 Å². The number of benzene rings is 2. The first-order valence-electron chi connectivity index (χ1n) is 9.54. The van der Waals surface area contributed by atoms with Crippen LogP contribution in [-0.4, -0.2) is 32.2 Å². The average Bonchev–Trinajstić information content (AvgIpc) is 3.23. The van der Waals surface area contributed by atoms with E-state index in [4.69, 9.17) is 14.2 Å². The second-order valence-electron chi connectivity index (χ2n) is 6.66. The molecule has 0 radical (unpaired) electrons. The Bertz CT molecular complexity index is 1050. The molecule has 8 heteroatoms. The molecular weight excluding hydrogens is 414 g/mol. The molecule has 160 valence electrons. The smallest absolute Gasteiger partial charge is 0.227 e. The van der Waals surface area contributed by atoms with E-state index in [1.165, 1.54) is 38.2 Å². The molecule has 0 saturated heterocycles. The van der Waals surface area contributed by atoms with Crippen LogP contribution >= 0.6 is 11.3 Å². The molecule has 3 aromatic rings. The van der Waals surface area contributed by atoms with Gasteiger partial charge in [-0.2, -0.15) is 5.26 Å². The highest BCUT2D eigenvalue weighted by molar-refractivity contribution is 7.09. The molecule has 1 N–H and O–H groups in total. The fourth-order valence-corrected chi connectivity index (χ4v) is 3.94. The lowest BCUT2D eigenvalue weighted by molar-refractivity contribution is -0.120. The molecule has 1 atom stereocenters. The van der Waals surface area contributed by atoms with Crippen LogP contribution in [-0.2, 0) is 17.6 Å². The van der Waals surface area contributed by atoms with Gasteiger partial charge in [-0.05, 0) is 23.3 Å². The molecule has 0 bridgehead atoms. The largest absolute Gasteiger partial charge is 0.493 e. The van der Waals surface area contributed by atoms with Gasteiger partial charge in [0.25, 0.3) is 0 Å². The van der Waals surface area contributed by atoms with E-state index in [0.29, 0.717) is 28.5 Å². The van der Waals surface area contributed by atoms with E-state index < -0.39 is 6.04 Å². The SMILES string of the molecule is COc1cc(C(C#N)NC(=O)Cc2csc(Cc3ccccc3)n2)cc(OC)c1OC. The molecular formula is C23H23N3O4S. The van der Waals surface area contributed by atoms with Crippen molar-refractivity contribution in [3.05, 3.63) is 69.7 Å². The summed E-state index contributed by atoms with van der Waals surface area (Å²) >= 11 is 1.52. The number of aromatic nitrogens is 1. The molecule has 1 amide bonds. The van der Waals surface area contributed by atoms with Gasteiger partial charge < -0.3 is 19.5 Å². The van der Waals surface area contributed by atoms with Gasteiger partial charge in [0, 0.05) is 11.8 Å². The zero-order valence-corrected chi connectivity index (χ0v) is 18.4. The molecule has 1 aromatic heterocycles. The number of hydrogen-bond donors (Lipinski definition) is 1. The van der Waals surface area contributed by atoms with Crippen LogP contribution in [0.2, 0.25) is 0 Å². The van der Waals surface area contributed by atoms with Gasteiger partial charge in [0.05, 0.1) is 44.5 Å². The van der Waals surface area contributed by atoms with Crippen molar-refractivity contribution in [2.24, 2.45) is 0 Å². The van der Waals surface area contributed by atoms with Gasteiger partial charge in [-0.15, -0.1) is 11.3 Å². The number of carbonyl (C=O) groups is 1. The van der Waals surface area contributed by atoms with Crippen LogP contribution < -0.4 is 19.5 Å². The number of hydrogen-bond acceptors (Lipinski definition) is 7. The van der Waals surface area contributed by atoms with Crippen LogP contribution in [0.15, 0.2) is 47.8 Å². The highest BCUT2D eigenvalue weighted by Gasteiger charge is 2.20. The summed E-state index contributed by atoms with van der Waals surface area (Å²) in [5.74, 6) is 0.954. The lowest BCUT2D eigenvalue weighted by Gasteiger charge is -2.17. The summed E-state index contributed by atoms with van der Waals surface area (Å²) in [6.07, 6.45) is 0.813. The number of rotatable bonds is 9. The Morgan fingerprint density at radius 3 is 2.39 bits per heavy atom. The first kappa shape index (κ1) is 22.1. The maximum absolute atomic E-state index is 12.6. The monoisotopic (exact) mass is 437 g/mol. The zero-order chi connectivity index (χ0) is 22.2. The van der Waals surface area contributed by atoms with Gasteiger partial charge in [0.15, 0.2) is 11.5 Å². The van der Waals surface area contributed by atoms with Crippen molar-refractivity contribution in [3.63, 3.8) is 0 Å². The van der Waals surface area contributed by atoms with Crippen LogP contribution in [0.1, 0.15) is 27.9 Å². The minimum absolute atomic E-state index is 0.0912. The lowest BCUT2D eigenvalue weighted by atomic mass is 10.1. The van der Waals surface area contributed by atoms with Crippen LogP contribution in [0.25, 0.3) is 0 Å². The number of nitrogens with one attached hydrogen (secondary N) is 1. The standard InChI is InChI=1S/C23H23N3O4S/c1-28-19-10-16(11-20(29-2)23(19)30-3)18(13-24)26-21(27)12-17-14-31-22(25-17)9-15-7-5-4-6-8-15/h4-8,10-11,14,18H,9,12H2,1-3H3,(H,26,27). The molecule has 7 nitrogen and oxygen atoms in total. The van der Waals surface area contributed by atoms with E-state index >= 15 is 0 Å². The highest BCUT2D eigenvalue weighted by Crippen LogP contribution is 2.39. The Balaban J connectivity index is 1.69. The van der Waals surface area contributed by atoms with E-state index in [1.54, 1.807) is 12.1 Å². The average molecular weight is 438 g/mol. The van der Waals surface area contributed by atoms with E-state index in [2.05, 4.69) is 16.4 Å². The molecule has 0 spiro atoms. The maximum Gasteiger partial charge on any atom is 0.227 e. The number of ether oxygens (including phenoxy) is 3. The molecule has 31 heavy (non-hydrogen) atoms. The van der Waals surface area contributed by atoms with E-state index in [0.717, 1.165) is 11.4 Å². The van der Waals surface area contributed by atoms with Gasteiger partial charge in [0.2, 0.25) is 11.7 Å². The Labute approximate surface area is 185 Å². The molecule has 1 unspecified atom stereocenters. The Hall–Kier alpha value is -3.57. The minimum atomic E-state index is -0.872. The van der Waals surface area contributed by atoms with Crippen molar-refractivity contribution in [3.8, 4) is 23.3 Å². The zero-order valence-electron chi connectivity index (χ0n) is 17.5. The Morgan fingerprint density at radius 2 is 1.81 bits per heavy atom. The van der Waals surface area contributed by atoms with Gasteiger partial charge in [0.1, 0.15) is 6.04 Å². The van der Waals surface area contributed by atoms with Crippen LogP contribution in [0.3, 0.4) is 0 Å². The third-order valence-electron chi connectivity index (χ3n) is 4.59. The van der Waals surface area contributed by atoms with Crippen molar-refractivity contribution < 1.29 is 19.0 Å². The Morgan fingerprint density at radius 1 is 1.13 bits per heavy atom. The molecule has 0 fully saturated rings. The number of amides is 1. The summed E-state index contributed by atoms with van der Waals surface area (Å²) in [5.41, 5.74) is 2.38. The predicted octanol–water partition coefficient (Wildman–Crippen LogP) is 3.68. The quantitative estimate of drug-likeness (QED) is 0.549. The summed E-state index contributed by atoms with van der Waals surface area (Å²) in [6.45, 7) is 0. The second-order valence-corrected chi connectivity index (χ2v) is 7.60. The lowest BCUT2D eigenvalue weighted by Crippen LogP contribution is -2.29. The summed E-state index contributed by atoms with van der Waals surface area (Å²) in [5, 5.41) is 15.2. The van der Waals surface area contributed by atoms with E-state index in [9.17, 15) is 10.1 Å². The maximum atomic E-state index is 12.6. The molecule has 0 aliphatic rings. The number of nitrogens with zero attached hydrogens (tertiary/aromatic N) is 2. The summed E-state index contributed by atoms with van der Waals surface area (Å²) in [7, 11) is 4.50. The van der Waals surface area contributed by atoms with Gasteiger partial charge in [-0.25, -0.2) is 4.98 Å². The minimum Gasteiger partial charge on any atom is -0.493 e. The molecule has 0 saturated carbocycles. The van der Waals surface area contributed by atoms with Crippen LogP contribution in [0.4, 0.5) is 0 Å². The van der Waals surface area contributed by atoms with Crippen molar-refractivity contribution >= 4 is 17.2 Å². The molecule has 0 aliphatic heterocycles. The number of nitriles is 1. The number of carbonyl (C=O) groups excluding carboxylic acids is 1. The summed E-state index contributed by atoms with van der Waals surface area (Å²) in [6, 6.07) is 14.6. The van der Waals surface area contributed by atoms with Crippen molar-refractivity contribution in [1.29, 1.82) is 5.26 Å². The topological polar surface area (TPSA) is 93.5 Å². The van der Waals surface area contributed by atoms with Gasteiger partial charge >= 0.3 is 0 Å². The first-order valence-corrected chi connectivity index (χ1v) is 10.4. The highest BCUT2D eigenvalue weighted by atomic mass is 32.1. The number of thiazole rings is 1. The molecule has 3 rings (SSSR count). The van der Waals surface area contributed by atoms with E-state index in [-0.39, 0.29) is 12.3 Å². The van der Waals surface area contributed by atoms with Crippen LogP contribution in [0.5, 0.6) is 17.2 Å². The third kappa shape index (κ3) is 5.53. The molecule has 0 aliphatic carbocycles.